The highest BCUT2D eigenvalue weighted by Crippen LogP contribution is 2.54. The lowest BCUT2D eigenvalue weighted by molar-refractivity contribution is -0.163. The van der Waals surface area contributed by atoms with Gasteiger partial charge in [-0.05, 0) is 50.9 Å². The maximum atomic E-state index is 14.2. The van der Waals surface area contributed by atoms with Gasteiger partial charge >= 0.3 is 12.1 Å². The lowest BCUT2D eigenvalue weighted by Gasteiger charge is -2.50. The molecule has 0 spiro atoms. The summed E-state index contributed by atoms with van der Waals surface area (Å²) in [6, 6.07) is 0.240. The number of Topliss-reactive ketones (excluding diaryl/α,β-unsaturated/α-hetero) is 2. The summed E-state index contributed by atoms with van der Waals surface area (Å²) in [5.41, 5.74) is 1.76. The number of hydrogen-bond acceptors (Lipinski definition) is 14. The molecule has 7 N–H and O–H groups in total. The van der Waals surface area contributed by atoms with Gasteiger partial charge in [0.1, 0.15) is 29.4 Å². The van der Waals surface area contributed by atoms with Crippen LogP contribution in [-0.4, -0.2) is 125 Å². The van der Waals surface area contributed by atoms with Crippen molar-refractivity contribution < 1.29 is 58.7 Å². The van der Waals surface area contributed by atoms with Crippen LogP contribution in [0.15, 0.2) is 23.0 Å². The number of nitrogens with two attached hydrogens (primary N) is 1. The Hall–Kier alpha value is -5.16. The second-order valence-corrected chi connectivity index (χ2v) is 13.4. The molecule has 3 unspecified atom stereocenters. The van der Waals surface area contributed by atoms with Gasteiger partial charge in [-0.15, -0.1) is 0 Å². The highest BCUT2D eigenvalue weighted by molar-refractivity contribution is 6.24. The minimum absolute atomic E-state index is 0.0427. The van der Waals surface area contributed by atoms with Crippen molar-refractivity contribution in [3.05, 3.63) is 34.1 Å². The second-order valence-electron chi connectivity index (χ2n) is 13.4. The third kappa shape index (κ3) is 6.95. The molecule has 51 heavy (non-hydrogen) atoms. The zero-order chi connectivity index (χ0) is 38.3. The molecule has 17 nitrogen and oxygen atoms in total. The van der Waals surface area contributed by atoms with Gasteiger partial charge in [0.05, 0.1) is 17.3 Å². The van der Waals surface area contributed by atoms with E-state index in [1.807, 2.05) is 6.92 Å². The molecule has 0 aromatic heterocycles. The first kappa shape index (κ1) is 38.6. The summed E-state index contributed by atoms with van der Waals surface area (Å²) in [6.45, 7) is 3.96. The largest absolute Gasteiger partial charge is 0.508 e. The molecule has 4 rings (SSSR count). The number of ketones is 2. The van der Waals surface area contributed by atoms with Crippen LogP contribution >= 0.6 is 0 Å². The van der Waals surface area contributed by atoms with Crippen molar-refractivity contribution in [2.45, 2.75) is 64.4 Å². The molecule has 1 saturated carbocycles. The van der Waals surface area contributed by atoms with E-state index >= 15 is 0 Å². The lowest BCUT2D eigenvalue weighted by atomic mass is 9.57. The Balaban J connectivity index is 1.76. The van der Waals surface area contributed by atoms with Crippen LogP contribution in [0.4, 0.5) is 16.2 Å². The predicted molar refractivity (Wildman–Crippen MR) is 181 cm³/mol. The fourth-order valence-corrected chi connectivity index (χ4v) is 7.21. The number of anilines is 2. The Morgan fingerprint density at radius 3 is 2.29 bits per heavy atom. The highest BCUT2D eigenvalue weighted by atomic mass is 16.7. The highest BCUT2D eigenvalue weighted by Gasteiger charge is 2.64. The molecule has 3 aliphatic carbocycles. The van der Waals surface area contributed by atoms with Crippen molar-refractivity contribution in [2.24, 2.45) is 17.6 Å². The van der Waals surface area contributed by atoms with Gasteiger partial charge in [0.15, 0.2) is 11.4 Å². The molecule has 278 valence electrons. The number of unbranched alkanes of at least 4 members (excludes halogenated alkanes) is 1. The van der Waals surface area contributed by atoms with Gasteiger partial charge in [0, 0.05) is 51.7 Å². The van der Waals surface area contributed by atoms with Crippen LogP contribution in [0.2, 0.25) is 0 Å². The van der Waals surface area contributed by atoms with Gasteiger partial charge in [0.2, 0.25) is 18.0 Å². The third-order valence-electron chi connectivity index (χ3n) is 9.43. The van der Waals surface area contributed by atoms with Crippen LogP contribution in [0, 0.1) is 11.8 Å². The minimum Gasteiger partial charge on any atom is -0.508 e. The number of nitrogens with zero attached hydrogens (tertiary/aromatic N) is 3. The van der Waals surface area contributed by atoms with Crippen molar-refractivity contribution in [3.8, 4) is 5.75 Å². The van der Waals surface area contributed by atoms with E-state index in [2.05, 4.69) is 5.32 Å². The van der Waals surface area contributed by atoms with Crippen LogP contribution in [0.1, 0.15) is 51.2 Å². The average molecular weight is 716 g/mol. The second kappa shape index (κ2) is 14.6. The molecular weight excluding hydrogens is 670 g/mol. The number of benzene rings is 1. The molecule has 3 aliphatic rings. The van der Waals surface area contributed by atoms with E-state index in [0.29, 0.717) is 24.1 Å². The molecule has 17 heteroatoms. The summed E-state index contributed by atoms with van der Waals surface area (Å²) in [7, 11) is 6.40. The number of aliphatic hydroxyl groups excluding tert-OH is 2. The molecule has 0 bridgehead atoms. The minimum atomic E-state index is -2.81. The van der Waals surface area contributed by atoms with Crippen molar-refractivity contribution >= 4 is 52.6 Å². The van der Waals surface area contributed by atoms with Crippen molar-refractivity contribution in [1.82, 2.24) is 9.80 Å². The summed E-state index contributed by atoms with van der Waals surface area (Å²) >= 11 is 0. The Morgan fingerprint density at radius 2 is 1.75 bits per heavy atom. The molecule has 5 atom stereocenters. The molecular formula is C34H45N5O12. The maximum Gasteiger partial charge on any atom is 0.413 e. The molecule has 3 amide bonds. The van der Waals surface area contributed by atoms with Gasteiger partial charge in [-0.25, -0.2) is 4.79 Å². The number of hydrogen-bond donors (Lipinski definition) is 6. The van der Waals surface area contributed by atoms with E-state index < -0.39 is 94.6 Å². The molecule has 0 saturated heterocycles. The summed E-state index contributed by atoms with van der Waals surface area (Å²) < 4.78 is 9.99. The van der Waals surface area contributed by atoms with Crippen LogP contribution < -0.4 is 16.0 Å². The summed E-state index contributed by atoms with van der Waals surface area (Å²) in [5.74, 6) is -9.37. The van der Waals surface area contributed by atoms with Gasteiger partial charge in [-0.1, -0.05) is 13.3 Å². The fourth-order valence-electron chi connectivity index (χ4n) is 7.21. The SMILES string of the molecule is CCCCN(CC(=O)Nc1cc(N(C)C)c2c(c1O)C(O)=C1C(=O)[C@]3(O)C(O)=C(C(N)=O)C(=O)[C@@H](N(C)C)C3CC1C2)C(=O)OC(C)OC(C)=O. The number of amides is 3. The van der Waals surface area contributed by atoms with Crippen molar-refractivity contribution in [2.75, 3.05) is 51.5 Å². The molecule has 0 heterocycles. The van der Waals surface area contributed by atoms with E-state index in [9.17, 15) is 49.2 Å². The number of fused-ring (bicyclic) bond motifs is 3. The predicted octanol–water partition coefficient (Wildman–Crippen LogP) is 1.12. The first-order valence-electron chi connectivity index (χ1n) is 16.4. The van der Waals surface area contributed by atoms with E-state index in [1.165, 1.54) is 32.0 Å². The number of rotatable bonds is 11. The number of primary amides is 1. The van der Waals surface area contributed by atoms with E-state index in [0.717, 1.165) is 11.8 Å². The number of nitrogens with one attached hydrogen (secondary N) is 1. The molecule has 1 fully saturated rings. The summed E-state index contributed by atoms with van der Waals surface area (Å²) in [6.07, 6.45) is -0.992. The fraction of sp³-hybridized carbons (Fsp3) is 0.529. The third-order valence-corrected chi connectivity index (χ3v) is 9.43. The lowest BCUT2D eigenvalue weighted by Crippen LogP contribution is -2.65. The normalized spacial score (nSPS) is 23.2. The summed E-state index contributed by atoms with van der Waals surface area (Å²) in [5, 5.41) is 48.7. The standard InChI is InChI=1S/C34H45N5O12/c1-8-9-10-39(33(48)51-16(3)50-15(2)40)14-22(41)36-20-13-21(37(4)5)18-11-17-12-19-26(38(6)7)29(44)25(32(35)47)31(46)34(19,49)30(45)23(17)28(43)24(18)27(20)42/h13,16-17,19,26,42-43,46,49H,8-12,14H2,1-7H3,(H2,35,47)(H,36,41)/t16?,17?,19?,26-,34-/m0/s1. The number of aromatic hydroxyl groups is 1. The first-order chi connectivity index (χ1) is 23.8. The van der Waals surface area contributed by atoms with Crippen molar-refractivity contribution in [3.63, 3.8) is 0 Å². The van der Waals surface area contributed by atoms with Crippen LogP contribution in [-0.2, 0) is 39.9 Å². The Bertz CT molecular complexity index is 1730. The topological polar surface area (TPSA) is 250 Å². The quantitative estimate of drug-likeness (QED) is 0.0813. The molecule has 1 aromatic carbocycles. The van der Waals surface area contributed by atoms with Gasteiger partial charge in [-0.3, -0.25) is 33.8 Å². The Kier molecular flexibility index (Phi) is 11.1. The number of carbonyl (C=O) groups is 6. The number of phenolic OH excluding ortho intramolecular Hbond substituents is 1. The number of carbonyl (C=O) groups excluding carboxylic acids is 6. The molecule has 0 aliphatic heterocycles. The van der Waals surface area contributed by atoms with Crippen LogP contribution in [0.3, 0.4) is 0 Å². The molecule has 1 aromatic rings. The zero-order valence-electron chi connectivity index (χ0n) is 29.6. The number of ether oxygens (including phenoxy) is 2. The number of likely N-dealkylation sites (N-methyl/N-ethyl adjacent to an activating group) is 1. The van der Waals surface area contributed by atoms with E-state index in [-0.39, 0.29) is 36.2 Å². The van der Waals surface area contributed by atoms with Gasteiger partial charge in [0.25, 0.3) is 5.91 Å². The Labute approximate surface area is 294 Å². The maximum absolute atomic E-state index is 14.2. The van der Waals surface area contributed by atoms with Crippen LogP contribution in [0.5, 0.6) is 5.75 Å². The average Bonchev–Trinajstić information content (AvgIpc) is 3.01. The van der Waals surface area contributed by atoms with Gasteiger partial charge < -0.3 is 45.9 Å². The monoisotopic (exact) mass is 715 g/mol. The number of aliphatic hydroxyl groups is 3. The van der Waals surface area contributed by atoms with Crippen molar-refractivity contribution in [1.29, 1.82) is 0 Å². The van der Waals surface area contributed by atoms with Gasteiger partial charge in [-0.2, -0.15) is 0 Å². The first-order valence-corrected chi connectivity index (χ1v) is 16.4. The smallest absolute Gasteiger partial charge is 0.413 e. The number of esters is 1. The zero-order valence-corrected chi connectivity index (χ0v) is 29.6. The van der Waals surface area contributed by atoms with E-state index in [1.54, 1.807) is 19.0 Å². The summed E-state index contributed by atoms with van der Waals surface area (Å²) in [4.78, 5) is 81.4. The Morgan fingerprint density at radius 1 is 1.10 bits per heavy atom. The molecule has 0 radical (unpaired) electrons. The van der Waals surface area contributed by atoms with E-state index in [4.69, 9.17) is 15.2 Å². The number of phenols is 1. The van der Waals surface area contributed by atoms with Crippen LogP contribution in [0.25, 0.3) is 5.76 Å².